The van der Waals surface area contributed by atoms with Gasteiger partial charge in [0.05, 0.1) is 12.0 Å². The highest BCUT2D eigenvalue weighted by Crippen LogP contribution is 2.32. The zero-order valence-electron chi connectivity index (χ0n) is 13.2. The number of carbonyl (C=O) groups excluding carboxylic acids is 1. The topological polar surface area (TPSA) is 47.6 Å². The summed E-state index contributed by atoms with van der Waals surface area (Å²) < 4.78 is 12.8. The molecule has 0 unspecified atom stereocenters. The van der Waals surface area contributed by atoms with Crippen LogP contribution in [0.2, 0.25) is 0 Å². The van der Waals surface area contributed by atoms with E-state index in [4.69, 9.17) is 21.7 Å². The molecular formula is C18H14BrNO3S2. The number of nitrogens with one attached hydrogen (secondary N) is 1. The molecule has 1 saturated heterocycles. The van der Waals surface area contributed by atoms with Gasteiger partial charge in [-0.15, -0.1) is 0 Å². The number of halogens is 1. The van der Waals surface area contributed by atoms with Gasteiger partial charge in [0, 0.05) is 4.47 Å². The third kappa shape index (κ3) is 4.62. The van der Waals surface area contributed by atoms with Crippen LogP contribution >= 0.6 is 39.9 Å². The molecule has 1 aliphatic rings. The Bertz CT molecular complexity index is 850. The van der Waals surface area contributed by atoms with Gasteiger partial charge >= 0.3 is 0 Å². The molecule has 0 bridgehead atoms. The molecule has 0 atom stereocenters. The average Bonchev–Trinajstić information content (AvgIpc) is 2.92. The summed E-state index contributed by atoms with van der Waals surface area (Å²) in [6.45, 7) is 0.420. The number of ether oxygens (including phenoxy) is 2. The van der Waals surface area contributed by atoms with Crippen molar-refractivity contribution in [2.45, 2.75) is 6.61 Å². The number of thioether (sulfide) groups is 1. The van der Waals surface area contributed by atoms with Crippen LogP contribution in [0.15, 0.2) is 51.8 Å². The van der Waals surface area contributed by atoms with Crippen LogP contribution in [-0.4, -0.2) is 17.3 Å². The molecule has 3 rings (SSSR count). The summed E-state index contributed by atoms with van der Waals surface area (Å²) in [5.74, 6) is 1.08. The second-order valence-corrected chi connectivity index (χ2v) is 7.81. The summed E-state index contributed by atoms with van der Waals surface area (Å²) >= 11 is 9.67. The molecular weight excluding hydrogens is 422 g/mol. The predicted molar refractivity (Wildman–Crippen MR) is 108 cm³/mol. The Hall–Kier alpha value is -1.83. The molecule has 7 heteroatoms. The van der Waals surface area contributed by atoms with Crippen LogP contribution in [0.5, 0.6) is 11.5 Å². The SMILES string of the molecule is COc1ccc(/C=C2\SC(=S)NC2=O)cc1OCc1ccc(Br)cc1. The van der Waals surface area contributed by atoms with Crippen molar-refractivity contribution in [2.24, 2.45) is 0 Å². The standard InChI is InChI=1S/C18H14BrNO3S2/c1-22-14-7-4-12(9-16-17(21)20-18(24)25-16)8-15(14)23-10-11-2-5-13(19)6-3-11/h2-9H,10H2,1H3,(H,20,21,24)/b16-9-. The first-order valence-corrected chi connectivity index (χ1v) is 9.37. The van der Waals surface area contributed by atoms with Crippen LogP contribution in [0, 0.1) is 0 Å². The van der Waals surface area contributed by atoms with Crippen molar-refractivity contribution in [1.82, 2.24) is 5.32 Å². The summed E-state index contributed by atoms with van der Waals surface area (Å²) in [6, 6.07) is 13.4. The lowest BCUT2D eigenvalue weighted by Crippen LogP contribution is -2.17. The van der Waals surface area contributed by atoms with Gasteiger partial charge in [0.15, 0.2) is 11.5 Å². The number of hydrogen-bond donors (Lipinski definition) is 1. The van der Waals surface area contributed by atoms with Gasteiger partial charge in [-0.2, -0.15) is 0 Å². The lowest BCUT2D eigenvalue weighted by Gasteiger charge is -2.12. The molecule has 128 valence electrons. The van der Waals surface area contributed by atoms with Gasteiger partial charge in [-0.05, 0) is 41.5 Å². The number of carbonyl (C=O) groups is 1. The van der Waals surface area contributed by atoms with E-state index in [1.807, 2.05) is 42.5 Å². The minimum atomic E-state index is -0.178. The second-order valence-electron chi connectivity index (χ2n) is 5.18. The number of hydrogen-bond acceptors (Lipinski definition) is 5. The minimum absolute atomic E-state index is 0.178. The van der Waals surface area contributed by atoms with E-state index in [1.54, 1.807) is 13.2 Å². The molecule has 1 aliphatic heterocycles. The normalized spacial score (nSPS) is 15.4. The van der Waals surface area contributed by atoms with E-state index in [-0.39, 0.29) is 5.91 Å². The number of thiocarbonyl (C=S) groups is 1. The zero-order valence-corrected chi connectivity index (χ0v) is 16.5. The summed E-state index contributed by atoms with van der Waals surface area (Å²) in [5.41, 5.74) is 1.89. The fraction of sp³-hybridized carbons (Fsp3) is 0.111. The van der Waals surface area contributed by atoms with Crippen molar-refractivity contribution in [2.75, 3.05) is 7.11 Å². The predicted octanol–water partition coefficient (Wildman–Crippen LogP) is 4.53. The minimum Gasteiger partial charge on any atom is -0.493 e. The van der Waals surface area contributed by atoms with Gasteiger partial charge in [0.2, 0.25) is 0 Å². The van der Waals surface area contributed by atoms with Crippen LogP contribution in [0.4, 0.5) is 0 Å². The number of benzene rings is 2. The van der Waals surface area contributed by atoms with Crippen LogP contribution in [-0.2, 0) is 11.4 Å². The molecule has 1 heterocycles. The van der Waals surface area contributed by atoms with Gasteiger partial charge in [-0.3, -0.25) is 4.79 Å². The van der Waals surface area contributed by atoms with Gasteiger partial charge < -0.3 is 14.8 Å². The fourth-order valence-corrected chi connectivity index (χ4v) is 3.52. The van der Waals surface area contributed by atoms with Crippen molar-refractivity contribution >= 4 is 56.2 Å². The summed E-state index contributed by atoms with van der Waals surface area (Å²) in [5, 5.41) is 2.60. The van der Waals surface area contributed by atoms with E-state index in [9.17, 15) is 4.79 Å². The Morgan fingerprint density at radius 1 is 1.20 bits per heavy atom. The molecule has 2 aromatic rings. The van der Waals surface area contributed by atoms with Crippen molar-refractivity contribution in [3.63, 3.8) is 0 Å². The summed E-state index contributed by atoms with van der Waals surface area (Å²) in [7, 11) is 1.60. The van der Waals surface area contributed by atoms with Gasteiger partial charge in [-0.25, -0.2) is 0 Å². The molecule has 4 nitrogen and oxygen atoms in total. The first-order valence-electron chi connectivity index (χ1n) is 7.35. The van der Waals surface area contributed by atoms with Crippen LogP contribution in [0.3, 0.4) is 0 Å². The van der Waals surface area contributed by atoms with E-state index in [1.165, 1.54) is 11.8 Å². The third-order valence-corrected chi connectivity index (χ3v) is 5.13. The van der Waals surface area contributed by atoms with Crippen molar-refractivity contribution in [3.05, 3.63) is 63.0 Å². The Balaban J connectivity index is 1.80. The van der Waals surface area contributed by atoms with Crippen molar-refractivity contribution in [1.29, 1.82) is 0 Å². The molecule has 2 aromatic carbocycles. The molecule has 25 heavy (non-hydrogen) atoms. The number of amides is 1. The highest BCUT2D eigenvalue weighted by atomic mass is 79.9. The van der Waals surface area contributed by atoms with Gasteiger partial charge in [-0.1, -0.05) is 58.1 Å². The average molecular weight is 436 g/mol. The smallest absolute Gasteiger partial charge is 0.263 e. The number of rotatable bonds is 5. The van der Waals surface area contributed by atoms with Crippen LogP contribution in [0.25, 0.3) is 6.08 Å². The van der Waals surface area contributed by atoms with E-state index >= 15 is 0 Å². The first-order chi connectivity index (χ1) is 12.0. The third-order valence-electron chi connectivity index (χ3n) is 3.44. The Kier molecular flexibility index (Phi) is 5.78. The summed E-state index contributed by atoms with van der Waals surface area (Å²) in [6.07, 6.45) is 1.78. The second kappa shape index (κ2) is 8.03. The molecule has 0 radical (unpaired) electrons. The quantitative estimate of drug-likeness (QED) is 0.552. The molecule has 1 amide bonds. The number of methoxy groups -OCH3 is 1. The highest BCUT2D eigenvalue weighted by molar-refractivity contribution is 9.10. The van der Waals surface area contributed by atoms with Gasteiger partial charge in [0.25, 0.3) is 5.91 Å². The van der Waals surface area contributed by atoms with E-state index in [0.29, 0.717) is 27.3 Å². The molecule has 1 N–H and O–H groups in total. The van der Waals surface area contributed by atoms with E-state index < -0.39 is 0 Å². The lowest BCUT2D eigenvalue weighted by molar-refractivity contribution is -0.115. The summed E-state index contributed by atoms with van der Waals surface area (Å²) in [4.78, 5) is 12.4. The lowest BCUT2D eigenvalue weighted by atomic mass is 10.2. The fourth-order valence-electron chi connectivity index (χ4n) is 2.21. The van der Waals surface area contributed by atoms with Crippen molar-refractivity contribution < 1.29 is 14.3 Å². The highest BCUT2D eigenvalue weighted by Gasteiger charge is 2.22. The molecule has 0 saturated carbocycles. The Morgan fingerprint density at radius 3 is 2.60 bits per heavy atom. The maximum Gasteiger partial charge on any atom is 0.263 e. The molecule has 1 fully saturated rings. The largest absolute Gasteiger partial charge is 0.493 e. The maximum atomic E-state index is 11.8. The molecule has 0 aliphatic carbocycles. The zero-order chi connectivity index (χ0) is 17.8. The van der Waals surface area contributed by atoms with Gasteiger partial charge in [0.1, 0.15) is 10.9 Å². The monoisotopic (exact) mass is 435 g/mol. The maximum absolute atomic E-state index is 11.8. The van der Waals surface area contributed by atoms with E-state index in [0.717, 1.165) is 15.6 Å². The van der Waals surface area contributed by atoms with Crippen LogP contribution < -0.4 is 14.8 Å². The van der Waals surface area contributed by atoms with E-state index in [2.05, 4.69) is 21.2 Å². The Labute approximate surface area is 163 Å². The van der Waals surface area contributed by atoms with Crippen LogP contribution in [0.1, 0.15) is 11.1 Å². The first kappa shape index (κ1) is 18.0. The van der Waals surface area contributed by atoms with Crippen molar-refractivity contribution in [3.8, 4) is 11.5 Å². The molecule has 0 spiro atoms. The molecule has 0 aromatic heterocycles. The Morgan fingerprint density at radius 2 is 1.96 bits per heavy atom.